The van der Waals surface area contributed by atoms with Crippen LogP contribution in [-0.4, -0.2) is 43.1 Å². The minimum Gasteiger partial charge on any atom is -0.490 e. The Morgan fingerprint density at radius 3 is 2.59 bits per heavy atom. The molecule has 1 aromatic heterocycles. The van der Waals surface area contributed by atoms with Crippen molar-refractivity contribution in [3.63, 3.8) is 0 Å². The highest BCUT2D eigenvalue weighted by molar-refractivity contribution is 7.98. The van der Waals surface area contributed by atoms with Gasteiger partial charge in [-0.2, -0.15) is 17.6 Å². The maximum atomic E-state index is 13.8. The molecule has 1 aromatic carbocycles. The number of halogens is 5. The van der Waals surface area contributed by atoms with Crippen molar-refractivity contribution in [2.24, 2.45) is 5.92 Å². The number of rotatable bonds is 6. The molecule has 1 fully saturated rings. The average Bonchev–Trinajstić information content (AvgIpc) is 3.14. The molecule has 0 bridgehead atoms. The van der Waals surface area contributed by atoms with Gasteiger partial charge in [0.25, 0.3) is 0 Å². The first-order chi connectivity index (χ1) is 15.1. The normalized spacial score (nSPS) is 20.3. The highest BCUT2D eigenvalue weighted by Crippen LogP contribution is 2.45. The van der Waals surface area contributed by atoms with Crippen LogP contribution in [0.1, 0.15) is 25.3 Å². The number of benzene rings is 1. The van der Waals surface area contributed by atoms with E-state index >= 15 is 0 Å². The number of alkyl halides is 3. The van der Waals surface area contributed by atoms with Gasteiger partial charge in [0, 0.05) is 29.3 Å². The Labute approximate surface area is 186 Å². The van der Waals surface area contributed by atoms with E-state index in [4.69, 9.17) is 9.47 Å². The maximum absolute atomic E-state index is 13.8. The van der Waals surface area contributed by atoms with E-state index in [0.29, 0.717) is 6.41 Å². The first kappa shape index (κ1) is 25.9. The molecule has 176 valence electrons. The second-order valence-electron chi connectivity index (χ2n) is 6.82. The number of aromatic nitrogens is 1. The van der Waals surface area contributed by atoms with E-state index in [0.717, 1.165) is 16.8 Å². The number of nitrogens with one attached hydrogen (secondary N) is 1. The van der Waals surface area contributed by atoms with Crippen molar-refractivity contribution in [3.05, 3.63) is 47.7 Å². The second-order valence-corrected chi connectivity index (χ2v) is 7.65. The maximum Gasteiger partial charge on any atom is 0.414 e. The third kappa shape index (κ3) is 6.32. The zero-order valence-electron chi connectivity index (χ0n) is 17.6. The average molecular weight is 478 g/mol. The lowest BCUT2D eigenvalue weighted by Gasteiger charge is -2.22. The fourth-order valence-electron chi connectivity index (χ4n) is 3.30. The molecule has 32 heavy (non-hydrogen) atoms. The predicted molar refractivity (Wildman–Crippen MR) is 111 cm³/mol. The molecule has 3 rings (SSSR count). The minimum atomic E-state index is -4.49. The van der Waals surface area contributed by atoms with E-state index in [1.54, 1.807) is 30.9 Å². The van der Waals surface area contributed by atoms with Crippen molar-refractivity contribution in [2.75, 3.05) is 24.8 Å². The summed E-state index contributed by atoms with van der Waals surface area (Å²) in [6.45, 7) is 2.84. The van der Waals surface area contributed by atoms with Crippen molar-refractivity contribution < 1.29 is 36.2 Å². The molecule has 0 aliphatic carbocycles. The van der Waals surface area contributed by atoms with Crippen LogP contribution in [0.25, 0.3) is 0 Å². The van der Waals surface area contributed by atoms with E-state index in [2.05, 4.69) is 10.3 Å². The van der Waals surface area contributed by atoms with Gasteiger partial charge in [0.05, 0.1) is 18.2 Å². The monoisotopic (exact) mass is 478 g/mol. The molecule has 1 aliphatic heterocycles. The van der Waals surface area contributed by atoms with Gasteiger partial charge in [-0.25, -0.2) is 9.37 Å². The van der Waals surface area contributed by atoms with Gasteiger partial charge >= 0.3 is 6.18 Å². The summed E-state index contributed by atoms with van der Waals surface area (Å²) in [5.41, 5.74) is 0.981. The van der Waals surface area contributed by atoms with Crippen LogP contribution in [0, 0.1) is 17.6 Å². The van der Waals surface area contributed by atoms with Crippen LogP contribution in [0.3, 0.4) is 0 Å². The number of ether oxygens (including phenoxy) is 2. The summed E-state index contributed by atoms with van der Waals surface area (Å²) in [7, 11) is 0. The van der Waals surface area contributed by atoms with Gasteiger partial charge in [0.1, 0.15) is 0 Å². The number of thioether (sulfide) groups is 1. The molecule has 1 saturated heterocycles. The van der Waals surface area contributed by atoms with Crippen LogP contribution >= 0.6 is 11.8 Å². The van der Waals surface area contributed by atoms with Gasteiger partial charge in [-0.3, -0.25) is 4.79 Å². The lowest BCUT2D eigenvalue weighted by molar-refractivity contribution is -0.215. The Hall–Kier alpha value is -2.40. The molecular formula is C21H23F5N2O3S. The van der Waals surface area contributed by atoms with Crippen LogP contribution in [0.15, 0.2) is 35.5 Å². The zero-order chi connectivity index (χ0) is 23.9. The van der Waals surface area contributed by atoms with Crippen LogP contribution < -0.4 is 10.1 Å². The minimum absolute atomic E-state index is 0.0814. The number of pyridine rings is 1. The first-order valence-corrected chi connectivity index (χ1v) is 10.9. The van der Waals surface area contributed by atoms with Gasteiger partial charge in [-0.1, -0.05) is 13.0 Å². The number of carbonyl (C=O) groups excluding carboxylic acids is 1. The van der Waals surface area contributed by atoms with Gasteiger partial charge < -0.3 is 14.8 Å². The number of nitrogens with zero attached hydrogens (tertiary/aromatic N) is 1. The Morgan fingerprint density at radius 1 is 1.31 bits per heavy atom. The summed E-state index contributed by atoms with van der Waals surface area (Å²) >= 11 is 1.54. The number of carbonyl (C=O) groups is 1. The molecule has 2 heterocycles. The molecule has 11 heteroatoms. The van der Waals surface area contributed by atoms with E-state index in [1.165, 1.54) is 13.0 Å². The second kappa shape index (κ2) is 11.5. The van der Waals surface area contributed by atoms with E-state index < -0.39 is 35.8 Å². The summed E-state index contributed by atoms with van der Waals surface area (Å²) in [4.78, 5) is 14.1. The number of hydrogen-bond acceptors (Lipinski definition) is 5. The van der Waals surface area contributed by atoms with Crippen molar-refractivity contribution in [3.8, 4) is 5.75 Å². The van der Waals surface area contributed by atoms with E-state index in [1.807, 2.05) is 12.3 Å². The molecule has 0 unspecified atom stereocenters. The molecule has 1 aliphatic rings. The fourth-order valence-corrected chi connectivity index (χ4v) is 3.71. The Kier molecular flexibility index (Phi) is 9.26. The molecule has 0 radical (unpaired) electrons. The van der Waals surface area contributed by atoms with Crippen LogP contribution in [0.2, 0.25) is 0 Å². The van der Waals surface area contributed by atoms with Crippen molar-refractivity contribution >= 4 is 23.9 Å². The Morgan fingerprint density at radius 2 is 2.03 bits per heavy atom. The fraction of sp³-hybridized carbons (Fsp3) is 0.429. The SMILES string of the molecule is CCOc1c([C@@H]2CO[C@H](C(F)(F)F)[C@@H]2C)ccc(F)c1F.CSc1cc(NC=O)ccn1. The van der Waals surface area contributed by atoms with Crippen molar-refractivity contribution in [2.45, 2.75) is 37.1 Å². The summed E-state index contributed by atoms with van der Waals surface area (Å²) in [5.74, 6) is -4.22. The van der Waals surface area contributed by atoms with Gasteiger partial charge in [0.15, 0.2) is 17.7 Å². The smallest absolute Gasteiger partial charge is 0.414 e. The highest BCUT2D eigenvalue weighted by Gasteiger charge is 2.51. The molecule has 2 aromatic rings. The third-order valence-corrected chi connectivity index (χ3v) is 5.47. The van der Waals surface area contributed by atoms with Crippen LogP contribution in [-0.2, 0) is 9.53 Å². The number of amides is 1. The molecule has 1 amide bonds. The topological polar surface area (TPSA) is 60.5 Å². The van der Waals surface area contributed by atoms with Crippen LogP contribution in [0.4, 0.5) is 27.6 Å². The summed E-state index contributed by atoms with van der Waals surface area (Å²) in [5, 5.41) is 3.45. The quantitative estimate of drug-likeness (QED) is 0.342. The lowest BCUT2D eigenvalue weighted by atomic mass is 9.86. The highest BCUT2D eigenvalue weighted by atomic mass is 32.2. The van der Waals surface area contributed by atoms with Gasteiger partial charge in [-0.05, 0) is 31.4 Å². The van der Waals surface area contributed by atoms with Gasteiger partial charge in [0.2, 0.25) is 12.2 Å². The van der Waals surface area contributed by atoms with Crippen molar-refractivity contribution in [1.82, 2.24) is 4.98 Å². The molecule has 1 N–H and O–H groups in total. The number of hydrogen-bond donors (Lipinski definition) is 1. The summed E-state index contributed by atoms with van der Waals surface area (Å²) < 4.78 is 75.4. The van der Waals surface area contributed by atoms with Crippen molar-refractivity contribution in [1.29, 1.82) is 0 Å². The molecule has 3 atom stereocenters. The summed E-state index contributed by atoms with van der Waals surface area (Å²) in [6.07, 6.45) is -2.15. The predicted octanol–water partition coefficient (Wildman–Crippen LogP) is 5.42. The lowest BCUT2D eigenvalue weighted by Crippen LogP contribution is -2.33. The summed E-state index contributed by atoms with van der Waals surface area (Å²) in [6, 6.07) is 5.71. The Balaban J connectivity index is 0.000000278. The van der Waals surface area contributed by atoms with E-state index in [-0.39, 0.29) is 24.5 Å². The third-order valence-electron chi connectivity index (χ3n) is 4.83. The molecule has 5 nitrogen and oxygen atoms in total. The number of anilines is 1. The zero-order valence-corrected chi connectivity index (χ0v) is 18.4. The van der Waals surface area contributed by atoms with Crippen LogP contribution in [0.5, 0.6) is 5.75 Å². The van der Waals surface area contributed by atoms with Gasteiger partial charge in [-0.15, -0.1) is 11.8 Å². The first-order valence-electron chi connectivity index (χ1n) is 9.63. The Bertz CT molecular complexity index is 913. The van der Waals surface area contributed by atoms with E-state index in [9.17, 15) is 26.7 Å². The standard InChI is InChI=1S/C14H15F5O2.C7H8N2OS/c1-3-20-12-8(4-5-10(15)11(12)16)9-6-21-13(7(9)2)14(17,18)19;1-11-7-4-6(9-5-10)2-3-8-7/h4-5,7,9,13H,3,6H2,1-2H3;2-5H,1H3,(H,8,9,10)/t7-,9-,13+;/m1./s1. The molecular weight excluding hydrogens is 455 g/mol. The largest absolute Gasteiger partial charge is 0.490 e. The molecule has 0 saturated carbocycles. The molecule has 0 spiro atoms.